The van der Waals surface area contributed by atoms with E-state index in [9.17, 15) is 0 Å². The van der Waals surface area contributed by atoms with E-state index in [0.29, 0.717) is 6.54 Å². The van der Waals surface area contributed by atoms with Gasteiger partial charge in [-0.2, -0.15) is 0 Å². The number of nitrogens with one attached hydrogen (secondary N) is 1. The van der Waals surface area contributed by atoms with Crippen molar-refractivity contribution < 1.29 is 0 Å². The van der Waals surface area contributed by atoms with Crippen molar-refractivity contribution in [1.82, 2.24) is 0 Å². The van der Waals surface area contributed by atoms with Crippen molar-refractivity contribution in [3.8, 4) is 0 Å². The van der Waals surface area contributed by atoms with Gasteiger partial charge in [-0.3, -0.25) is 0 Å². The summed E-state index contributed by atoms with van der Waals surface area (Å²) in [4.78, 5) is 0. The van der Waals surface area contributed by atoms with E-state index in [1.165, 1.54) is 0 Å². The monoisotopic (exact) mass is 343 g/mol. The van der Waals surface area contributed by atoms with Crippen molar-refractivity contribution >= 4 is 44.8 Å². The molecule has 94 valence electrons. The first-order valence-electron chi connectivity index (χ1n) is 5.51. The molecule has 0 unspecified atom stereocenters. The average Bonchev–Trinajstić information content (AvgIpc) is 2.33. The Bertz CT molecular complexity index is 570. The first kappa shape index (κ1) is 13.7. The Morgan fingerprint density at radius 2 is 1.89 bits per heavy atom. The van der Waals surface area contributed by atoms with E-state index in [4.69, 9.17) is 23.2 Å². The maximum atomic E-state index is 6.17. The smallest absolute Gasteiger partial charge is 0.0467 e. The van der Waals surface area contributed by atoms with Crippen molar-refractivity contribution in [2.45, 2.75) is 13.5 Å². The van der Waals surface area contributed by atoms with Gasteiger partial charge in [0.15, 0.2) is 0 Å². The third-order valence-corrected chi connectivity index (χ3v) is 4.01. The molecule has 0 atom stereocenters. The van der Waals surface area contributed by atoms with Gasteiger partial charge in [0.2, 0.25) is 0 Å². The highest BCUT2D eigenvalue weighted by molar-refractivity contribution is 9.10. The number of benzene rings is 2. The molecule has 1 N–H and O–H groups in total. The Morgan fingerprint density at radius 3 is 2.61 bits per heavy atom. The standard InChI is InChI=1S/C14H12BrCl2N/c1-9-12(16)3-2-4-14(9)18-8-10-5-6-11(15)7-13(10)17/h2-7,18H,8H2,1H3. The van der Waals surface area contributed by atoms with Gasteiger partial charge in [0, 0.05) is 26.8 Å². The van der Waals surface area contributed by atoms with Gasteiger partial charge in [-0.05, 0) is 42.3 Å². The Labute approximate surface area is 125 Å². The molecule has 4 heteroatoms. The molecule has 2 aromatic carbocycles. The summed E-state index contributed by atoms with van der Waals surface area (Å²) >= 11 is 15.6. The fourth-order valence-corrected chi connectivity index (χ4v) is 2.57. The summed E-state index contributed by atoms with van der Waals surface area (Å²) in [6.07, 6.45) is 0. The topological polar surface area (TPSA) is 12.0 Å². The van der Waals surface area contributed by atoms with Crippen LogP contribution in [0.25, 0.3) is 0 Å². The molecule has 0 aliphatic heterocycles. The van der Waals surface area contributed by atoms with E-state index in [0.717, 1.165) is 31.3 Å². The van der Waals surface area contributed by atoms with Crippen molar-refractivity contribution in [2.24, 2.45) is 0 Å². The predicted molar refractivity (Wildman–Crippen MR) is 82.7 cm³/mol. The molecule has 0 bridgehead atoms. The average molecular weight is 345 g/mol. The third kappa shape index (κ3) is 3.19. The fraction of sp³-hybridized carbons (Fsp3) is 0.143. The van der Waals surface area contributed by atoms with Gasteiger partial charge in [-0.1, -0.05) is 51.3 Å². The quantitative estimate of drug-likeness (QED) is 0.755. The summed E-state index contributed by atoms with van der Waals surface area (Å²) in [5.41, 5.74) is 3.13. The minimum atomic E-state index is 0.674. The molecule has 0 aliphatic rings. The fourth-order valence-electron chi connectivity index (χ4n) is 1.65. The molecule has 0 aliphatic carbocycles. The Hall–Kier alpha value is -0.700. The number of rotatable bonds is 3. The lowest BCUT2D eigenvalue weighted by Gasteiger charge is -2.11. The zero-order chi connectivity index (χ0) is 13.1. The van der Waals surface area contributed by atoms with Gasteiger partial charge >= 0.3 is 0 Å². The predicted octanol–water partition coefficient (Wildman–Crippen LogP) is 5.68. The summed E-state index contributed by atoms with van der Waals surface area (Å²) < 4.78 is 0.982. The maximum Gasteiger partial charge on any atom is 0.0467 e. The van der Waals surface area contributed by atoms with E-state index in [1.54, 1.807) is 0 Å². The van der Waals surface area contributed by atoms with Crippen molar-refractivity contribution in [2.75, 3.05) is 5.32 Å². The molecule has 0 aromatic heterocycles. The SMILES string of the molecule is Cc1c(Cl)cccc1NCc1ccc(Br)cc1Cl. The molecule has 0 heterocycles. The van der Waals surface area contributed by atoms with E-state index < -0.39 is 0 Å². The van der Waals surface area contributed by atoms with Crippen LogP contribution in [0.5, 0.6) is 0 Å². The first-order valence-corrected chi connectivity index (χ1v) is 7.06. The number of halogens is 3. The van der Waals surface area contributed by atoms with Gasteiger partial charge < -0.3 is 5.32 Å². The molecule has 2 aromatic rings. The van der Waals surface area contributed by atoms with E-state index in [1.807, 2.05) is 43.3 Å². The summed E-state index contributed by atoms with van der Waals surface area (Å²) in [5.74, 6) is 0. The second-order valence-electron chi connectivity index (χ2n) is 4.00. The van der Waals surface area contributed by atoms with Crippen LogP contribution in [-0.2, 0) is 6.54 Å². The van der Waals surface area contributed by atoms with Crippen LogP contribution in [0, 0.1) is 6.92 Å². The lowest BCUT2D eigenvalue weighted by molar-refractivity contribution is 1.14. The van der Waals surface area contributed by atoms with Gasteiger partial charge in [0.1, 0.15) is 0 Å². The lowest BCUT2D eigenvalue weighted by atomic mass is 10.1. The Balaban J connectivity index is 2.14. The zero-order valence-corrected chi connectivity index (χ0v) is 12.9. The van der Waals surface area contributed by atoms with E-state index in [2.05, 4.69) is 21.2 Å². The first-order chi connectivity index (χ1) is 8.58. The molecular formula is C14H12BrCl2N. The molecule has 2 rings (SSSR count). The van der Waals surface area contributed by atoms with E-state index in [-0.39, 0.29) is 0 Å². The number of hydrogen-bond acceptors (Lipinski definition) is 1. The molecular weight excluding hydrogens is 333 g/mol. The molecule has 0 saturated heterocycles. The van der Waals surface area contributed by atoms with Gasteiger partial charge in [-0.15, -0.1) is 0 Å². The van der Waals surface area contributed by atoms with Crippen LogP contribution in [0.4, 0.5) is 5.69 Å². The molecule has 0 amide bonds. The summed E-state index contributed by atoms with van der Waals surface area (Å²) in [5, 5.41) is 4.86. The van der Waals surface area contributed by atoms with Crippen molar-refractivity contribution in [3.05, 3.63) is 62.0 Å². The number of anilines is 1. The molecule has 18 heavy (non-hydrogen) atoms. The molecule has 1 nitrogen and oxygen atoms in total. The molecule has 0 saturated carbocycles. The third-order valence-electron chi connectivity index (χ3n) is 2.75. The van der Waals surface area contributed by atoms with Gasteiger partial charge in [0.05, 0.1) is 0 Å². The highest BCUT2D eigenvalue weighted by Crippen LogP contribution is 2.25. The van der Waals surface area contributed by atoms with Crippen LogP contribution in [-0.4, -0.2) is 0 Å². The van der Waals surface area contributed by atoms with Crippen LogP contribution in [0.15, 0.2) is 40.9 Å². The Morgan fingerprint density at radius 1 is 1.11 bits per heavy atom. The second kappa shape index (κ2) is 5.96. The van der Waals surface area contributed by atoms with Crippen LogP contribution >= 0.6 is 39.1 Å². The molecule has 0 fully saturated rings. The maximum absolute atomic E-state index is 6.17. The largest absolute Gasteiger partial charge is 0.381 e. The van der Waals surface area contributed by atoms with Crippen molar-refractivity contribution in [1.29, 1.82) is 0 Å². The zero-order valence-electron chi connectivity index (χ0n) is 9.81. The van der Waals surface area contributed by atoms with Crippen LogP contribution < -0.4 is 5.32 Å². The highest BCUT2D eigenvalue weighted by atomic mass is 79.9. The summed E-state index contributed by atoms with van der Waals surface area (Å²) in [6.45, 7) is 2.67. The molecule has 0 radical (unpaired) electrons. The van der Waals surface area contributed by atoms with Crippen LogP contribution in [0.1, 0.15) is 11.1 Å². The minimum absolute atomic E-state index is 0.674. The van der Waals surface area contributed by atoms with Crippen LogP contribution in [0.2, 0.25) is 10.0 Å². The minimum Gasteiger partial charge on any atom is -0.381 e. The summed E-state index contributed by atoms with van der Waals surface area (Å²) in [6, 6.07) is 11.7. The second-order valence-corrected chi connectivity index (χ2v) is 5.73. The highest BCUT2D eigenvalue weighted by Gasteiger charge is 2.04. The van der Waals surface area contributed by atoms with Gasteiger partial charge in [0.25, 0.3) is 0 Å². The normalized spacial score (nSPS) is 10.4. The molecule has 0 spiro atoms. The Kier molecular flexibility index (Phi) is 4.55. The van der Waals surface area contributed by atoms with Crippen molar-refractivity contribution in [3.63, 3.8) is 0 Å². The van der Waals surface area contributed by atoms with Gasteiger partial charge in [-0.25, -0.2) is 0 Å². The summed E-state index contributed by atoms with van der Waals surface area (Å²) in [7, 11) is 0. The van der Waals surface area contributed by atoms with E-state index >= 15 is 0 Å². The van der Waals surface area contributed by atoms with Crippen LogP contribution in [0.3, 0.4) is 0 Å². The number of hydrogen-bond donors (Lipinski definition) is 1. The lowest BCUT2D eigenvalue weighted by Crippen LogP contribution is -2.01.